The van der Waals surface area contributed by atoms with Gasteiger partial charge >= 0.3 is 7.60 Å². The van der Waals surface area contributed by atoms with Gasteiger partial charge in [0.05, 0.1) is 13.2 Å². The van der Waals surface area contributed by atoms with Crippen LogP contribution in [0.2, 0.25) is 0 Å². The molecule has 2 aromatic carbocycles. The second kappa shape index (κ2) is 8.43. The molecule has 6 heteroatoms. The highest BCUT2D eigenvalue weighted by atomic mass is 31.2. The van der Waals surface area contributed by atoms with Gasteiger partial charge in [0.2, 0.25) is 0 Å². The first-order valence-corrected chi connectivity index (χ1v) is 9.57. The van der Waals surface area contributed by atoms with Gasteiger partial charge in [0, 0.05) is 5.69 Å². The number of aryl methyl sites for hydroxylation is 1. The van der Waals surface area contributed by atoms with Crippen LogP contribution < -0.4 is 5.32 Å². The van der Waals surface area contributed by atoms with E-state index in [1.807, 2.05) is 31.2 Å². The van der Waals surface area contributed by atoms with Gasteiger partial charge in [0.25, 0.3) is 0 Å². The van der Waals surface area contributed by atoms with Crippen LogP contribution in [-0.2, 0) is 13.6 Å². The third-order valence-electron chi connectivity index (χ3n) is 3.48. The summed E-state index contributed by atoms with van der Waals surface area (Å²) in [7, 11) is -3.45. The number of nitrogens with one attached hydrogen (secondary N) is 1. The Balaban J connectivity index is 2.41. The number of hydrogen-bond acceptors (Lipinski definition) is 4. The van der Waals surface area contributed by atoms with Crippen LogP contribution in [0.1, 0.15) is 30.8 Å². The Morgan fingerprint density at radius 2 is 1.54 bits per heavy atom. The lowest BCUT2D eigenvalue weighted by Gasteiger charge is -2.28. The molecule has 0 bridgehead atoms. The van der Waals surface area contributed by atoms with Gasteiger partial charge in [-0.1, -0.05) is 29.8 Å². The molecule has 0 saturated carbocycles. The molecular formula is C18H23FNO3P. The maximum Gasteiger partial charge on any atom is 0.357 e. The van der Waals surface area contributed by atoms with Crippen molar-refractivity contribution < 1.29 is 18.0 Å². The van der Waals surface area contributed by atoms with Crippen LogP contribution in [-0.4, -0.2) is 13.2 Å². The third-order valence-corrected chi connectivity index (χ3v) is 5.77. The van der Waals surface area contributed by atoms with Gasteiger partial charge < -0.3 is 14.4 Å². The van der Waals surface area contributed by atoms with E-state index in [4.69, 9.17) is 9.05 Å². The Kier molecular flexibility index (Phi) is 6.55. The molecule has 0 amide bonds. The standard InChI is InChI=1S/C18H23FNO3P/c1-4-22-24(21,23-5-2)18(15-8-6-14(3)7-9-15)20-17-12-10-16(19)11-13-17/h6-13,18,20H,4-5H2,1-3H3. The van der Waals surface area contributed by atoms with E-state index < -0.39 is 13.4 Å². The zero-order valence-electron chi connectivity index (χ0n) is 14.2. The normalized spacial score (nSPS) is 12.8. The fourth-order valence-electron chi connectivity index (χ4n) is 2.34. The lowest BCUT2D eigenvalue weighted by molar-refractivity contribution is 0.214. The molecule has 0 heterocycles. The van der Waals surface area contributed by atoms with Crippen LogP contribution in [0.15, 0.2) is 48.5 Å². The van der Waals surface area contributed by atoms with Gasteiger partial charge in [-0.3, -0.25) is 4.57 Å². The molecule has 1 N–H and O–H groups in total. The number of rotatable bonds is 8. The lowest BCUT2D eigenvalue weighted by Crippen LogP contribution is -2.15. The second-order valence-corrected chi connectivity index (χ2v) is 7.45. The molecule has 2 aromatic rings. The molecule has 1 unspecified atom stereocenters. The average Bonchev–Trinajstić information content (AvgIpc) is 2.56. The van der Waals surface area contributed by atoms with E-state index in [9.17, 15) is 8.96 Å². The Bertz CT molecular complexity index is 678. The first kappa shape index (κ1) is 18.7. The van der Waals surface area contributed by atoms with Crippen molar-refractivity contribution in [2.45, 2.75) is 26.6 Å². The lowest BCUT2D eigenvalue weighted by atomic mass is 10.1. The van der Waals surface area contributed by atoms with Crippen LogP contribution in [0.4, 0.5) is 10.1 Å². The Morgan fingerprint density at radius 3 is 2.04 bits per heavy atom. The molecule has 0 aliphatic rings. The van der Waals surface area contributed by atoms with Gasteiger partial charge in [-0.25, -0.2) is 4.39 Å². The minimum Gasteiger partial charge on any atom is -0.368 e. The van der Waals surface area contributed by atoms with Crippen molar-refractivity contribution in [3.63, 3.8) is 0 Å². The number of hydrogen-bond donors (Lipinski definition) is 1. The first-order valence-electron chi connectivity index (χ1n) is 7.96. The molecule has 1 atom stereocenters. The molecule has 130 valence electrons. The predicted octanol–water partition coefficient (Wildman–Crippen LogP) is 5.51. The molecule has 0 aromatic heterocycles. The Morgan fingerprint density at radius 1 is 1.00 bits per heavy atom. The monoisotopic (exact) mass is 351 g/mol. The van der Waals surface area contributed by atoms with Gasteiger partial charge in [0.15, 0.2) is 5.78 Å². The largest absolute Gasteiger partial charge is 0.368 e. The van der Waals surface area contributed by atoms with Crippen LogP contribution in [0.25, 0.3) is 0 Å². The fourth-order valence-corrected chi connectivity index (χ4v) is 4.28. The highest BCUT2D eigenvalue weighted by molar-refractivity contribution is 7.54. The minimum absolute atomic E-state index is 0.269. The summed E-state index contributed by atoms with van der Waals surface area (Å²) in [5, 5.41) is 3.17. The Hall–Kier alpha value is -1.68. The maximum atomic E-state index is 13.3. The van der Waals surface area contributed by atoms with E-state index in [0.717, 1.165) is 11.1 Å². The van der Waals surface area contributed by atoms with Crippen LogP contribution in [0.3, 0.4) is 0 Å². The zero-order chi connectivity index (χ0) is 17.6. The first-order chi connectivity index (χ1) is 11.5. The maximum absolute atomic E-state index is 13.3. The topological polar surface area (TPSA) is 47.6 Å². The summed E-state index contributed by atoms with van der Waals surface area (Å²) in [6.07, 6.45) is 0. The minimum atomic E-state index is -3.45. The molecule has 0 aliphatic carbocycles. The van der Waals surface area contributed by atoms with E-state index in [-0.39, 0.29) is 19.0 Å². The zero-order valence-corrected chi connectivity index (χ0v) is 15.1. The van der Waals surface area contributed by atoms with Crippen molar-refractivity contribution in [2.75, 3.05) is 18.5 Å². The van der Waals surface area contributed by atoms with Crippen molar-refractivity contribution in [1.82, 2.24) is 0 Å². The molecule has 4 nitrogen and oxygen atoms in total. The molecule has 0 aliphatic heterocycles. The van der Waals surface area contributed by atoms with Gasteiger partial charge in [-0.2, -0.15) is 0 Å². The fraction of sp³-hybridized carbons (Fsp3) is 0.333. The molecule has 2 rings (SSSR count). The SMILES string of the molecule is CCOP(=O)(OCC)C(Nc1ccc(F)cc1)c1ccc(C)cc1. The van der Waals surface area contributed by atoms with Crippen molar-refractivity contribution >= 4 is 13.3 Å². The van der Waals surface area contributed by atoms with E-state index in [0.29, 0.717) is 5.69 Å². The molecule has 0 saturated heterocycles. The van der Waals surface area contributed by atoms with Crippen molar-refractivity contribution in [3.8, 4) is 0 Å². The summed E-state index contributed by atoms with van der Waals surface area (Å²) < 4.78 is 37.4. The van der Waals surface area contributed by atoms with E-state index in [2.05, 4.69) is 5.32 Å². The highest BCUT2D eigenvalue weighted by Gasteiger charge is 2.37. The van der Waals surface area contributed by atoms with Gasteiger partial charge in [0.1, 0.15) is 5.82 Å². The van der Waals surface area contributed by atoms with Crippen LogP contribution in [0, 0.1) is 12.7 Å². The van der Waals surface area contributed by atoms with E-state index in [1.54, 1.807) is 26.0 Å². The summed E-state index contributed by atoms with van der Waals surface area (Å²) in [6, 6.07) is 13.6. The predicted molar refractivity (Wildman–Crippen MR) is 94.8 cm³/mol. The number of benzene rings is 2. The highest BCUT2D eigenvalue weighted by Crippen LogP contribution is 2.60. The van der Waals surface area contributed by atoms with Crippen LogP contribution in [0.5, 0.6) is 0 Å². The van der Waals surface area contributed by atoms with Crippen LogP contribution >= 0.6 is 7.60 Å². The number of anilines is 1. The van der Waals surface area contributed by atoms with Crippen molar-refractivity contribution in [3.05, 3.63) is 65.5 Å². The van der Waals surface area contributed by atoms with Gasteiger partial charge in [-0.05, 0) is 50.6 Å². The third kappa shape index (κ3) is 4.67. The van der Waals surface area contributed by atoms with E-state index in [1.165, 1.54) is 12.1 Å². The number of halogens is 1. The summed E-state index contributed by atoms with van der Waals surface area (Å²) in [5.41, 5.74) is 2.53. The van der Waals surface area contributed by atoms with Crippen molar-refractivity contribution in [1.29, 1.82) is 0 Å². The van der Waals surface area contributed by atoms with E-state index >= 15 is 0 Å². The second-order valence-electron chi connectivity index (χ2n) is 5.34. The summed E-state index contributed by atoms with van der Waals surface area (Å²) in [4.78, 5) is 0. The molecule has 0 spiro atoms. The molecule has 0 fully saturated rings. The summed E-state index contributed by atoms with van der Waals surface area (Å²) >= 11 is 0. The quantitative estimate of drug-likeness (QED) is 0.637. The van der Waals surface area contributed by atoms with Gasteiger partial charge in [-0.15, -0.1) is 0 Å². The molecular weight excluding hydrogens is 328 g/mol. The molecule has 0 radical (unpaired) electrons. The Labute approximate surface area is 142 Å². The summed E-state index contributed by atoms with van der Waals surface area (Å²) in [6.45, 7) is 6.07. The van der Waals surface area contributed by atoms with Crippen molar-refractivity contribution in [2.24, 2.45) is 0 Å². The molecule has 24 heavy (non-hydrogen) atoms. The summed E-state index contributed by atoms with van der Waals surface area (Å²) in [5.74, 6) is -1.01. The smallest absolute Gasteiger partial charge is 0.357 e. The average molecular weight is 351 g/mol.